The lowest BCUT2D eigenvalue weighted by Crippen LogP contribution is -2.11. The lowest BCUT2D eigenvalue weighted by atomic mass is 10.1. The van der Waals surface area contributed by atoms with Crippen LogP contribution >= 0.6 is 23.2 Å². The Labute approximate surface area is 115 Å². The second kappa shape index (κ2) is 5.55. The number of aryl methyl sites for hydroxylation is 1. The van der Waals surface area contributed by atoms with Crippen molar-refractivity contribution in [2.45, 2.75) is 19.8 Å². The SMILES string of the molecule is CCCc1nc(-c2cc(Cl)cc(Cl)c2)cc(=O)[nH]1. The minimum atomic E-state index is -0.167. The number of aromatic amines is 1. The Morgan fingerprint density at radius 3 is 2.44 bits per heavy atom. The molecule has 0 aliphatic heterocycles. The van der Waals surface area contributed by atoms with E-state index in [1.165, 1.54) is 6.07 Å². The standard InChI is InChI=1S/C13H12Cl2N2O/c1-2-3-12-16-11(7-13(18)17-12)8-4-9(14)6-10(15)5-8/h4-7H,2-3H2,1H3,(H,16,17,18). The summed E-state index contributed by atoms with van der Waals surface area (Å²) < 4.78 is 0. The third-order valence-electron chi connectivity index (χ3n) is 2.44. The Balaban J connectivity index is 2.52. The number of nitrogens with zero attached hydrogens (tertiary/aromatic N) is 1. The van der Waals surface area contributed by atoms with Gasteiger partial charge in [0, 0.05) is 28.1 Å². The molecule has 5 heteroatoms. The van der Waals surface area contributed by atoms with Gasteiger partial charge in [0.1, 0.15) is 5.82 Å². The predicted molar refractivity (Wildman–Crippen MR) is 74.3 cm³/mol. The Morgan fingerprint density at radius 1 is 1.17 bits per heavy atom. The molecule has 1 aromatic heterocycles. The van der Waals surface area contributed by atoms with Crippen LogP contribution in [0.1, 0.15) is 19.2 Å². The first-order chi connectivity index (χ1) is 8.58. The van der Waals surface area contributed by atoms with Crippen molar-refractivity contribution in [3.63, 3.8) is 0 Å². The summed E-state index contributed by atoms with van der Waals surface area (Å²) in [5.41, 5.74) is 1.17. The number of halogens is 2. The number of hydrogen-bond donors (Lipinski definition) is 1. The molecule has 18 heavy (non-hydrogen) atoms. The van der Waals surface area contributed by atoms with Gasteiger partial charge in [-0.2, -0.15) is 0 Å². The molecule has 0 bridgehead atoms. The molecule has 0 radical (unpaired) electrons. The smallest absolute Gasteiger partial charge is 0.251 e. The van der Waals surface area contributed by atoms with E-state index in [-0.39, 0.29) is 5.56 Å². The van der Waals surface area contributed by atoms with E-state index >= 15 is 0 Å². The minimum absolute atomic E-state index is 0.167. The van der Waals surface area contributed by atoms with Crippen molar-refractivity contribution in [2.75, 3.05) is 0 Å². The molecular formula is C13H12Cl2N2O. The molecule has 2 rings (SSSR count). The van der Waals surface area contributed by atoms with E-state index in [1.807, 2.05) is 6.92 Å². The first kappa shape index (κ1) is 13.1. The van der Waals surface area contributed by atoms with Crippen LogP contribution in [0.4, 0.5) is 0 Å². The Morgan fingerprint density at radius 2 is 1.83 bits per heavy atom. The van der Waals surface area contributed by atoms with Crippen molar-refractivity contribution in [1.82, 2.24) is 9.97 Å². The molecule has 94 valence electrons. The Bertz CT molecular complexity index is 602. The Kier molecular flexibility index (Phi) is 4.04. The van der Waals surface area contributed by atoms with E-state index in [1.54, 1.807) is 18.2 Å². The van der Waals surface area contributed by atoms with Crippen LogP contribution < -0.4 is 5.56 Å². The molecule has 0 atom stereocenters. The van der Waals surface area contributed by atoms with Crippen molar-refractivity contribution < 1.29 is 0 Å². The van der Waals surface area contributed by atoms with Gasteiger partial charge in [-0.25, -0.2) is 4.98 Å². The molecule has 0 unspecified atom stereocenters. The number of hydrogen-bond acceptors (Lipinski definition) is 2. The topological polar surface area (TPSA) is 45.8 Å². The second-order valence-corrected chi connectivity index (χ2v) is 4.86. The van der Waals surface area contributed by atoms with Gasteiger partial charge in [-0.3, -0.25) is 4.79 Å². The van der Waals surface area contributed by atoms with Crippen LogP contribution in [0.25, 0.3) is 11.3 Å². The Hall–Kier alpha value is -1.32. The molecular weight excluding hydrogens is 271 g/mol. The van der Waals surface area contributed by atoms with Crippen LogP contribution in [0.15, 0.2) is 29.1 Å². The predicted octanol–water partition coefficient (Wildman–Crippen LogP) is 3.70. The van der Waals surface area contributed by atoms with Crippen LogP contribution in [0, 0.1) is 0 Å². The minimum Gasteiger partial charge on any atom is -0.311 e. The highest BCUT2D eigenvalue weighted by Gasteiger charge is 2.06. The van der Waals surface area contributed by atoms with E-state index in [0.29, 0.717) is 21.6 Å². The maximum absolute atomic E-state index is 11.6. The maximum atomic E-state index is 11.6. The van der Waals surface area contributed by atoms with Gasteiger partial charge >= 0.3 is 0 Å². The molecule has 0 spiro atoms. The van der Waals surface area contributed by atoms with E-state index in [9.17, 15) is 4.79 Å². The fraction of sp³-hybridized carbons (Fsp3) is 0.231. The molecule has 0 amide bonds. The highest BCUT2D eigenvalue weighted by Crippen LogP contribution is 2.25. The van der Waals surface area contributed by atoms with Crippen molar-refractivity contribution >= 4 is 23.2 Å². The molecule has 0 fully saturated rings. The monoisotopic (exact) mass is 282 g/mol. The van der Waals surface area contributed by atoms with Crippen molar-refractivity contribution in [3.8, 4) is 11.3 Å². The van der Waals surface area contributed by atoms with Crippen molar-refractivity contribution in [2.24, 2.45) is 0 Å². The largest absolute Gasteiger partial charge is 0.311 e. The molecule has 3 nitrogen and oxygen atoms in total. The average Bonchev–Trinajstić information content (AvgIpc) is 2.27. The molecule has 1 N–H and O–H groups in total. The van der Waals surface area contributed by atoms with Gasteiger partial charge < -0.3 is 4.98 Å². The third-order valence-corrected chi connectivity index (χ3v) is 2.87. The van der Waals surface area contributed by atoms with E-state index in [0.717, 1.165) is 18.4 Å². The van der Waals surface area contributed by atoms with Gasteiger partial charge in [0.2, 0.25) is 0 Å². The highest BCUT2D eigenvalue weighted by atomic mass is 35.5. The highest BCUT2D eigenvalue weighted by molar-refractivity contribution is 6.35. The zero-order valence-corrected chi connectivity index (χ0v) is 11.3. The number of nitrogens with one attached hydrogen (secondary N) is 1. The first-order valence-corrected chi connectivity index (χ1v) is 6.41. The molecule has 0 saturated carbocycles. The molecule has 2 aromatic rings. The molecule has 0 aliphatic rings. The van der Waals surface area contributed by atoms with Gasteiger partial charge in [0.25, 0.3) is 5.56 Å². The van der Waals surface area contributed by atoms with Crippen LogP contribution in [0.3, 0.4) is 0 Å². The summed E-state index contributed by atoms with van der Waals surface area (Å²) in [5.74, 6) is 0.677. The first-order valence-electron chi connectivity index (χ1n) is 5.65. The summed E-state index contributed by atoms with van der Waals surface area (Å²) in [6.45, 7) is 2.03. The van der Waals surface area contributed by atoms with Crippen LogP contribution in [-0.2, 0) is 6.42 Å². The van der Waals surface area contributed by atoms with E-state index < -0.39 is 0 Å². The fourth-order valence-corrected chi connectivity index (χ4v) is 2.24. The molecule has 1 aromatic carbocycles. The van der Waals surface area contributed by atoms with Crippen LogP contribution in [0.2, 0.25) is 10.0 Å². The summed E-state index contributed by atoms with van der Waals surface area (Å²) in [4.78, 5) is 18.7. The lowest BCUT2D eigenvalue weighted by molar-refractivity contribution is 0.828. The second-order valence-electron chi connectivity index (χ2n) is 3.99. The lowest BCUT2D eigenvalue weighted by Gasteiger charge is -2.05. The zero-order chi connectivity index (χ0) is 13.1. The van der Waals surface area contributed by atoms with Gasteiger partial charge in [0.15, 0.2) is 0 Å². The quantitative estimate of drug-likeness (QED) is 0.933. The van der Waals surface area contributed by atoms with Crippen LogP contribution in [-0.4, -0.2) is 9.97 Å². The average molecular weight is 283 g/mol. The molecule has 1 heterocycles. The fourth-order valence-electron chi connectivity index (χ4n) is 1.71. The number of aromatic nitrogens is 2. The van der Waals surface area contributed by atoms with Crippen LogP contribution in [0.5, 0.6) is 0 Å². The van der Waals surface area contributed by atoms with E-state index in [2.05, 4.69) is 9.97 Å². The zero-order valence-electron chi connectivity index (χ0n) is 9.84. The summed E-state index contributed by atoms with van der Waals surface area (Å²) in [6, 6.07) is 6.57. The van der Waals surface area contributed by atoms with Gasteiger partial charge in [-0.1, -0.05) is 30.1 Å². The maximum Gasteiger partial charge on any atom is 0.251 e. The van der Waals surface area contributed by atoms with Crippen molar-refractivity contribution in [1.29, 1.82) is 0 Å². The van der Waals surface area contributed by atoms with Gasteiger partial charge in [-0.15, -0.1) is 0 Å². The van der Waals surface area contributed by atoms with Crippen molar-refractivity contribution in [3.05, 3.63) is 50.5 Å². The summed E-state index contributed by atoms with van der Waals surface area (Å²) in [6.07, 6.45) is 1.65. The molecule has 0 aliphatic carbocycles. The molecule has 0 saturated heterocycles. The summed E-state index contributed by atoms with van der Waals surface area (Å²) >= 11 is 11.9. The van der Waals surface area contributed by atoms with Gasteiger partial charge in [-0.05, 0) is 24.6 Å². The summed E-state index contributed by atoms with van der Waals surface area (Å²) in [5, 5.41) is 1.05. The van der Waals surface area contributed by atoms with Gasteiger partial charge in [0.05, 0.1) is 5.69 Å². The summed E-state index contributed by atoms with van der Waals surface area (Å²) in [7, 11) is 0. The normalized spacial score (nSPS) is 10.6. The third kappa shape index (κ3) is 3.12. The van der Waals surface area contributed by atoms with E-state index in [4.69, 9.17) is 23.2 Å². The number of H-pyrrole nitrogens is 1. The number of benzene rings is 1. The number of rotatable bonds is 3.